The summed E-state index contributed by atoms with van der Waals surface area (Å²) >= 11 is 3.58. The van der Waals surface area contributed by atoms with Gasteiger partial charge in [0.15, 0.2) is 8.32 Å². The highest BCUT2D eigenvalue weighted by atomic mass is 79.9. The molecule has 0 aromatic heterocycles. The fourth-order valence-electron chi connectivity index (χ4n) is 1.26. The summed E-state index contributed by atoms with van der Waals surface area (Å²) in [6, 6.07) is 0. The zero-order valence-electron chi connectivity index (χ0n) is 12.6. The Bertz CT molecular complexity index is 264. The predicted octanol–water partition coefficient (Wildman–Crippen LogP) is 4.04. The molecule has 0 aromatic carbocycles. The van der Waals surface area contributed by atoms with E-state index >= 15 is 0 Å². The van der Waals surface area contributed by atoms with Crippen molar-refractivity contribution in [3.05, 3.63) is 0 Å². The topological polar surface area (TPSA) is 38.3 Å². The van der Waals surface area contributed by atoms with Crippen LogP contribution in [0.2, 0.25) is 18.1 Å². The smallest absolute Gasteiger partial charge is 0.219 e. The van der Waals surface area contributed by atoms with E-state index < -0.39 is 8.32 Å². The summed E-state index contributed by atoms with van der Waals surface area (Å²) in [4.78, 5) is 11.3. The van der Waals surface area contributed by atoms with Gasteiger partial charge in [0.25, 0.3) is 0 Å². The third-order valence-corrected chi connectivity index (χ3v) is 8.91. The molecular weight excluding hydrogens is 310 g/mol. The van der Waals surface area contributed by atoms with Gasteiger partial charge in [-0.3, -0.25) is 4.79 Å². The molecule has 0 aromatic rings. The van der Waals surface area contributed by atoms with Crippen molar-refractivity contribution in [2.75, 3.05) is 6.54 Å². The number of hydrogen-bond donors (Lipinski definition) is 1. The normalized spacial score (nSPS) is 14.4. The number of carbonyl (C=O) groups excluding carboxylic acids is 1. The van der Waals surface area contributed by atoms with Crippen LogP contribution >= 0.6 is 15.9 Å². The van der Waals surface area contributed by atoms with E-state index in [1.54, 1.807) is 0 Å². The molecule has 0 heterocycles. The zero-order valence-corrected chi connectivity index (χ0v) is 15.2. The van der Waals surface area contributed by atoms with E-state index in [9.17, 15) is 4.79 Å². The molecule has 1 amide bonds. The first kappa shape index (κ1) is 18.1. The summed E-state index contributed by atoms with van der Waals surface area (Å²) in [6.45, 7) is 13.8. The van der Waals surface area contributed by atoms with Crippen molar-refractivity contribution in [3.8, 4) is 0 Å². The average Bonchev–Trinajstić information content (AvgIpc) is 2.15. The van der Waals surface area contributed by atoms with E-state index in [2.05, 4.69) is 55.1 Å². The fourth-order valence-corrected chi connectivity index (χ4v) is 4.10. The van der Waals surface area contributed by atoms with Crippen molar-refractivity contribution >= 4 is 30.2 Å². The van der Waals surface area contributed by atoms with E-state index in [0.29, 0.717) is 13.0 Å². The zero-order chi connectivity index (χ0) is 14.4. The van der Waals surface area contributed by atoms with E-state index in [1.165, 1.54) is 0 Å². The van der Waals surface area contributed by atoms with Crippen LogP contribution in [0.25, 0.3) is 0 Å². The van der Waals surface area contributed by atoms with E-state index in [1.807, 2.05) is 6.92 Å². The molecule has 18 heavy (non-hydrogen) atoms. The first-order valence-corrected chi connectivity index (χ1v) is 10.5. The van der Waals surface area contributed by atoms with Gasteiger partial charge < -0.3 is 9.74 Å². The number of alkyl halides is 1. The minimum atomic E-state index is -1.71. The van der Waals surface area contributed by atoms with Crippen LogP contribution in [0.1, 0.15) is 47.0 Å². The predicted molar refractivity (Wildman–Crippen MR) is 83.5 cm³/mol. The van der Waals surface area contributed by atoms with Crippen molar-refractivity contribution in [1.82, 2.24) is 5.32 Å². The molecule has 1 N–H and O–H groups in total. The van der Waals surface area contributed by atoms with Crippen LogP contribution < -0.4 is 5.32 Å². The van der Waals surface area contributed by atoms with Gasteiger partial charge in [0, 0.05) is 13.0 Å². The number of nitrogens with one attached hydrogen (secondary N) is 1. The Balaban J connectivity index is 3.98. The lowest BCUT2D eigenvalue weighted by Crippen LogP contribution is -2.42. The van der Waals surface area contributed by atoms with Gasteiger partial charge in [-0.1, -0.05) is 36.7 Å². The maximum atomic E-state index is 11.3. The molecule has 108 valence electrons. The Morgan fingerprint density at radius 3 is 2.39 bits per heavy atom. The Hall–Kier alpha value is 0.127. The standard InChI is InChI=1S/C13H28BrNO2Si/c1-7-15-12(16)10-8-9-11(14)17-18(5,6)13(2,3)4/h11H,7-10H2,1-6H3,(H,15,16)/t11-/m0/s1. The van der Waals surface area contributed by atoms with Crippen molar-refractivity contribution in [2.24, 2.45) is 0 Å². The Kier molecular flexibility index (Phi) is 7.71. The molecule has 0 aliphatic rings. The highest BCUT2D eigenvalue weighted by molar-refractivity contribution is 9.09. The summed E-state index contributed by atoms with van der Waals surface area (Å²) in [5.41, 5.74) is 0. The SMILES string of the molecule is CCNC(=O)CCC[C@@H](Br)O[Si](C)(C)C(C)(C)C. The third-order valence-electron chi connectivity index (χ3n) is 3.44. The summed E-state index contributed by atoms with van der Waals surface area (Å²) < 4.78 is 6.17. The van der Waals surface area contributed by atoms with Crippen LogP contribution in [0.15, 0.2) is 0 Å². The molecule has 0 aliphatic heterocycles. The molecule has 3 nitrogen and oxygen atoms in total. The molecule has 0 aliphatic carbocycles. The van der Waals surface area contributed by atoms with Crippen LogP contribution in [-0.4, -0.2) is 25.8 Å². The maximum Gasteiger partial charge on any atom is 0.219 e. The van der Waals surface area contributed by atoms with Crippen LogP contribution in [0.4, 0.5) is 0 Å². The minimum Gasteiger partial charge on any atom is -0.404 e. The monoisotopic (exact) mass is 337 g/mol. The first-order chi connectivity index (χ1) is 8.10. The lowest BCUT2D eigenvalue weighted by molar-refractivity contribution is -0.121. The van der Waals surface area contributed by atoms with Crippen molar-refractivity contribution in [2.45, 2.75) is 70.1 Å². The Morgan fingerprint density at radius 1 is 1.39 bits per heavy atom. The van der Waals surface area contributed by atoms with Gasteiger partial charge in [0.1, 0.15) is 5.01 Å². The Morgan fingerprint density at radius 2 is 1.94 bits per heavy atom. The van der Waals surface area contributed by atoms with Crippen molar-refractivity contribution in [1.29, 1.82) is 0 Å². The van der Waals surface area contributed by atoms with Gasteiger partial charge in [-0.05, 0) is 37.9 Å². The molecule has 0 bridgehead atoms. The van der Waals surface area contributed by atoms with Crippen molar-refractivity contribution in [3.63, 3.8) is 0 Å². The lowest BCUT2D eigenvalue weighted by atomic mass is 10.2. The Labute approximate surface area is 121 Å². The summed E-state index contributed by atoms with van der Waals surface area (Å²) in [7, 11) is -1.71. The molecule has 0 spiro atoms. The highest BCUT2D eigenvalue weighted by Crippen LogP contribution is 2.38. The summed E-state index contributed by atoms with van der Waals surface area (Å²) in [5, 5.41) is 3.09. The maximum absolute atomic E-state index is 11.3. The molecule has 0 fully saturated rings. The van der Waals surface area contributed by atoms with Crippen molar-refractivity contribution < 1.29 is 9.22 Å². The van der Waals surface area contributed by atoms with Gasteiger partial charge in [0.05, 0.1) is 0 Å². The number of halogens is 1. The lowest BCUT2D eigenvalue weighted by Gasteiger charge is -2.37. The van der Waals surface area contributed by atoms with Gasteiger partial charge in [0.2, 0.25) is 5.91 Å². The molecular formula is C13H28BrNO2Si. The van der Waals surface area contributed by atoms with E-state index in [4.69, 9.17) is 4.43 Å². The van der Waals surface area contributed by atoms with Gasteiger partial charge >= 0.3 is 0 Å². The van der Waals surface area contributed by atoms with E-state index in [0.717, 1.165) is 12.8 Å². The second-order valence-electron chi connectivity index (χ2n) is 6.13. The van der Waals surface area contributed by atoms with E-state index in [-0.39, 0.29) is 16.0 Å². The van der Waals surface area contributed by atoms with Crippen LogP contribution in [0.3, 0.4) is 0 Å². The summed E-state index contributed by atoms with van der Waals surface area (Å²) in [5.74, 6) is 0.129. The largest absolute Gasteiger partial charge is 0.404 e. The van der Waals surface area contributed by atoms with Gasteiger partial charge in [-0.25, -0.2) is 0 Å². The number of amides is 1. The second kappa shape index (κ2) is 7.65. The molecule has 5 heteroatoms. The first-order valence-electron chi connectivity index (χ1n) is 6.68. The molecule has 0 radical (unpaired) electrons. The van der Waals surface area contributed by atoms with Crippen LogP contribution in [-0.2, 0) is 9.22 Å². The number of carbonyl (C=O) groups is 1. The fraction of sp³-hybridized carbons (Fsp3) is 0.923. The third kappa shape index (κ3) is 6.90. The molecule has 0 saturated heterocycles. The van der Waals surface area contributed by atoms with Gasteiger partial charge in [-0.2, -0.15) is 0 Å². The molecule has 0 unspecified atom stereocenters. The minimum absolute atomic E-state index is 0.0628. The number of hydrogen-bond acceptors (Lipinski definition) is 2. The van der Waals surface area contributed by atoms with Crippen LogP contribution in [0.5, 0.6) is 0 Å². The molecule has 0 rings (SSSR count). The average molecular weight is 338 g/mol. The van der Waals surface area contributed by atoms with Crippen LogP contribution in [0, 0.1) is 0 Å². The summed E-state index contributed by atoms with van der Waals surface area (Å²) in [6.07, 6.45) is 2.32. The molecule has 0 saturated carbocycles. The second-order valence-corrected chi connectivity index (χ2v) is 11.9. The molecule has 1 atom stereocenters. The number of rotatable bonds is 7. The van der Waals surface area contributed by atoms with Gasteiger partial charge in [-0.15, -0.1) is 0 Å². The quantitative estimate of drug-likeness (QED) is 0.562. The highest BCUT2D eigenvalue weighted by Gasteiger charge is 2.38.